The molecule has 4 heteroatoms. The van der Waals surface area contributed by atoms with Crippen molar-refractivity contribution < 1.29 is 9.53 Å². The van der Waals surface area contributed by atoms with Gasteiger partial charge in [0.25, 0.3) is 0 Å². The maximum atomic E-state index is 12.1. The van der Waals surface area contributed by atoms with E-state index < -0.39 is 0 Å². The lowest BCUT2D eigenvalue weighted by atomic mass is 9.89. The number of piperidine rings is 1. The van der Waals surface area contributed by atoms with Crippen molar-refractivity contribution in [2.24, 2.45) is 5.92 Å². The quantitative estimate of drug-likeness (QED) is 0.770. The van der Waals surface area contributed by atoms with Gasteiger partial charge in [-0.15, -0.1) is 0 Å². The van der Waals surface area contributed by atoms with E-state index in [1.165, 1.54) is 0 Å². The predicted octanol–water partition coefficient (Wildman–Crippen LogP) is 2.04. The Hall–Kier alpha value is -0.610. The molecule has 0 aromatic carbocycles. The van der Waals surface area contributed by atoms with Crippen molar-refractivity contribution in [3.8, 4) is 0 Å². The van der Waals surface area contributed by atoms with Gasteiger partial charge in [-0.1, -0.05) is 20.3 Å². The fraction of sp³-hybridized carbons (Fsp3) is 0.933. The van der Waals surface area contributed by atoms with Crippen LogP contribution in [-0.2, 0) is 9.53 Å². The van der Waals surface area contributed by atoms with Crippen molar-refractivity contribution in [2.45, 2.75) is 59.1 Å². The summed E-state index contributed by atoms with van der Waals surface area (Å²) in [5.41, 5.74) is 0. The highest BCUT2D eigenvalue weighted by atomic mass is 16.5. The molecule has 2 atom stereocenters. The molecular formula is C15H30N2O2. The average molecular weight is 270 g/mol. The van der Waals surface area contributed by atoms with Crippen LogP contribution >= 0.6 is 0 Å². The fourth-order valence-corrected chi connectivity index (χ4v) is 2.60. The summed E-state index contributed by atoms with van der Waals surface area (Å²) in [6.45, 7) is 11.4. The van der Waals surface area contributed by atoms with Gasteiger partial charge in [-0.3, -0.25) is 4.79 Å². The molecule has 1 saturated heterocycles. The molecule has 0 aliphatic carbocycles. The van der Waals surface area contributed by atoms with Crippen molar-refractivity contribution in [2.75, 3.05) is 26.2 Å². The van der Waals surface area contributed by atoms with Gasteiger partial charge in [-0.25, -0.2) is 0 Å². The Morgan fingerprint density at radius 2 is 2.16 bits per heavy atom. The molecule has 0 aromatic heterocycles. The predicted molar refractivity (Wildman–Crippen MR) is 78.1 cm³/mol. The molecule has 0 saturated carbocycles. The van der Waals surface area contributed by atoms with E-state index in [-0.39, 0.29) is 18.6 Å². The molecule has 1 amide bonds. The van der Waals surface area contributed by atoms with Crippen LogP contribution in [0.5, 0.6) is 0 Å². The molecule has 0 bridgehead atoms. The molecule has 1 heterocycles. The van der Waals surface area contributed by atoms with E-state index in [0.29, 0.717) is 12.0 Å². The minimum absolute atomic E-state index is 0.120. The van der Waals surface area contributed by atoms with Crippen LogP contribution in [0.25, 0.3) is 0 Å². The number of likely N-dealkylation sites (tertiary alicyclic amines) is 1. The van der Waals surface area contributed by atoms with Crippen LogP contribution in [0.15, 0.2) is 0 Å². The number of nitrogens with zero attached hydrogens (tertiary/aromatic N) is 1. The van der Waals surface area contributed by atoms with E-state index in [0.717, 1.165) is 38.9 Å². The molecule has 4 nitrogen and oxygen atoms in total. The summed E-state index contributed by atoms with van der Waals surface area (Å²) in [4.78, 5) is 14.0. The number of ether oxygens (including phenoxy) is 1. The first-order valence-electron chi connectivity index (χ1n) is 7.71. The van der Waals surface area contributed by atoms with Crippen molar-refractivity contribution in [1.82, 2.24) is 10.2 Å². The first-order valence-corrected chi connectivity index (χ1v) is 7.71. The van der Waals surface area contributed by atoms with Crippen LogP contribution in [0.1, 0.15) is 47.0 Å². The van der Waals surface area contributed by atoms with Gasteiger partial charge in [0.05, 0.1) is 6.10 Å². The standard InChI is InChI=1S/C15H30N2O2/c1-5-8-16-14-7-9-17(10-13(14)6-2)15(18)11-19-12(3)4/h12-14,16H,5-11H2,1-4H3. The number of hydrogen-bond acceptors (Lipinski definition) is 3. The molecule has 0 spiro atoms. The van der Waals surface area contributed by atoms with Gasteiger partial charge in [-0.05, 0) is 39.2 Å². The van der Waals surface area contributed by atoms with Crippen LogP contribution in [0.2, 0.25) is 0 Å². The van der Waals surface area contributed by atoms with Crippen LogP contribution in [-0.4, -0.2) is 49.2 Å². The smallest absolute Gasteiger partial charge is 0.248 e. The molecule has 1 aliphatic rings. The summed E-state index contributed by atoms with van der Waals surface area (Å²) in [5, 5.41) is 3.61. The summed E-state index contributed by atoms with van der Waals surface area (Å²) < 4.78 is 5.41. The first-order chi connectivity index (χ1) is 9.08. The number of carbonyl (C=O) groups is 1. The van der Waals surface area contributed by atoms with Crippen LogP contribution in [0.3, 0.4) is 0 Å². The molecule has 2 unspecified atom stereocenters. The summed E-state index contributed by atoms with van der Waals surface area (Å²) >= 11 is 0. The third kappa shape index (κ3) is 5.49. The maximum Gasteiger partial charge on any atom is 0.248 e. The Morgan fingerprint density at radius 3 is 2.74 bits per heavy atom. The molecule has 0 aromatic rings. The first kappa shape index (κ1) is 16.4. The Kier molecular flexibility index (Phi) is 7.39. The van der Waals surface area contributed by atoms with Gasteiger partial charge >= 0.3 is 0 Å². The van der Waals surface area contributed by atoms with Crippen molar-refractivity contribution >= 4 is 5.91 Å². The van der Waals surface area contributed by atoms with Gasteiger partial charge in [0.1, 0.15) is 6.61 Å². The molecule has 0 radical (unpaired) electrons. The second kappa shape index (κ2) is 8.54. The van der Waals surface area contributed by atoms with Crippen LogP contribution < -0.4 is 5.32 Å². The summed E-state index contributed by atoms with van der Waals surface area (Å²) in [5.74, 6) is 0.712. The minimum Gasteiger partial charge on any atom is -0.369 e. The monoisotopic (exact) mass is 270 g/mol. The second-order valence-corrected chi connectivity index (χ2v) is 5.72. The zero-order valence-electron chi connectivity index (χ0n) is 12.9. The van der Waals surface area contributed by atoms with Crippen molar-refractivity contribution in [3.05, 3.63) is 0 Å². The Balaban J connectivity index is 2.42. The van der Waals surface area contributed by atoms with Gasteiger partial charge in [-0.2, -0.15) is 0 Å². The highest BCUT2D eigenvalue weighted by Gasteiger charge is 2.29. The second-order valence-electron chi connectivity index (χ2n) is 5.72. The largest absolute Gasteiger partial charge is 0.369 e. The lowest BCUT2D eigenvalue weighted by Crippen LogP contribution is -2.51. The summed E-state index contributed by atoms with van der Waals surface area (Å²) in [6.07, 6.45) is 3.47. The molecule has 1 N–H and O–H groups in total. The number of rotatable bonds is 7. The van der Waals surface area contributed by atoms with E-state index in [4.69, 9.17) is 4.74 Å². The highest BCUT2D eigenvalue weighted by Crippen LogP contribution is 2.20. The van der Waals surface area contributed by atoms with Crippen molar-refractivity contribution in [1.29, 1.82) is 0 Å². The normalized spacial score (nSPS) is 23.9. The zero-order chi connectivity index (χ0) is 14.3. The molecule has 1 rings (SSSR count). The van der Waals surface area contributed by atoms with Gasteiger partial charge < -0.3 is 15.0 Å². The number of amides is 1. The lowest BCUT2D eigenvalue weighted by molar-refractivity contribution is -0.139. The van der Waals surface area contributed by atoms with E-state index in [2.05, 4.69) is 19.2 Å². The Bertz CT molecular complexity index is 269. The van der Waals surface area contributed by atoms with Gasteiger partial charge in [0.15, 0.2) is 0 Å². The third-order valence-corrected chi connectivity index (χ3v) is 3.81. The van der Waals surface area contributed by atoms with E-state index in [1.807, 2.05) is 18.7 Å². The van der Waals surface area contributed by atoms with E-state index in [1.54, 1.807) is 0 Å². The number of carbonyl (C=O) groups excluding carboxylic acids is 1. The molecule has 19 heavy (non-hydrogen) atoms. The average Bonchev–Trinajstić information content (AvgIpc) is 2.42. The van der Waals surface area contributed by atoms with Gasteiger partial charge in [0, 0.05) is 19.1 Å². The topological polar surface area (TPSA) is 41.6 Å². The molecule has 112 valence electrons. The van der Waals surface area contributed by atoms with Crippen LogP contribution in [0, 0.1) is 5.92 Å². The Labute approximate surface area is 117 Å². The van der Waals surface area contributed by atoms with Crippen molar-refractivity contribution in [3.63, 3.8) is 0 Å². The van der Waals surface area contributed by atoms with E-state index in [9.17, 15) is 4.79 Å². The fourth-order valence-electron chi connectivity index (χ4n) is 2.60. The minimum atomic E-state index is 0.120. The van der Waals surface area contributed by atoms with Gasteiger partial charge in [0.2, 0.25) is 5.91 Å². The molecular weight excluding hydrogens is 240 g/mol. The van der Waals surface area contributed by atoms with E-state index >= 15 is 0 Å². The molecule has 1 aliphatic heterocycles. The number of hydrogen-bond donors (Lipinski definition) is 1. The lowest BCUT2D eigenvalue weighted by Gasteiger charge is -2.39. The Morgan fingerprint density at radius 1 is 1.42 bits per heavy atom. The summed E-state index contributed by atoms with van der Waals surface area (Å²) in [7, 11) is 0. The SMILES string of the molecule is CCCNC1CCN(C(=O)COC(C)C)CC1CC. The number of nitrogens with one attached hydrogen (secondary N) is 1. The maximum absolute atomic E-state index is 12.1. The third-order valence-electron chi connectivity index (χ3n) is 3.81. The van der Waals surface area contributed by atoms with Crippen LogP contribution in [0.4, 0.5) is 0 Å². The summed E-state index contributed by atoms with van der Waals surface area (Å²) in [6, 6.07) is 0.569. The molecule has 1 fully saturated rings. The highest BCUT2D eigenvalue weighted by molar-refractivity contribution is 5.77. The zero-order valence-corrected chi connectivity index (χ0v) is 12.9.